The van der Waals surface area contributed by atoms with E-state index in [1.807, 2.05) is 0 Å². The molecule has 1 aromatic carbocycles. The van der Waals surface area contributed by atoms with E-state index in [1.54, 1.807) is 12.1 Å². The number of rotatable bonds is 2. The van der Waals surface area contributed by atoms with Crippen LogP contribution in [0.15, 0.2) is 24.3 Å². The molecule has 0 aliphatic rings. The third-order valence-electron chi connectivity index (χ3n) is 1.21. The molecule has 0 aromatic heterocycles. The Kier molecular flexibility index (Phi) is 2.01. The lowest BCUT2D eigenvalue weighted by Gasteiger charge is -2.01. The molecule has 62 valence electrons. The van der Waals surface area contributed by atoms with Crippen molar-refractivity contribution in [1.29, 1.82) is 0 Å². The highest BCUT2D eigenvalue weighted by Gasteiger charge is 2.03. The van der Waals surface area contributed by atoms with Gasteiger partial charge in [-0.1, -0.05) is 12.1 Å². The number of carbonyl (C=O) groups excluding carboxylic acids is 2. The molecule has 0 atom stereocenters. The number of benzene rings is 1. The van der Waals surface area contributed by atoms with Crippen LogP contribution in [0.4, 0.5) is 4.79 Å². The number of nitrogens with two attached hydrogens (primary N) is 1. The summed E-state index contributed by atoms with van der Waals surface area (Å²) in [5, 5.41) is 0. The summed E-state index contributed by atoms with van der Waals surface area (Å²) in [5.74, 6) is 0.00926. The fourth-order valence-electron chi connectivity index (χ4n) is 0.748. The summed E-state index contributed by atoms with van der Waals surface area (Å²) < 4.78 is 11.3. The normalized spacial score (nSPS) is 10.2. The standard InChI is InChI=1S/C8H7NO3/c9-8(11)12-7-4-2-1-3-6(7)5-10/h1-5H,(H2,9,11)/i5D. The number of amides is 1. The summed E-state index contributed by atoms with van der Waals surface area (Å²) in [6, 6.07) is 5.92. The van der Waals surface area contributed by atoms with E-state index < -0.39 is 12.4 Å². The molecule has 0 aliphatic heterocycles. The zero-order chi connectivity index (χ0) is 9.84. The van der Waals surface area contributed by atoms with Crippen molar-refractivity contribution in [3.63, 3.8) is 0 Å². The van der Waals surface area contributed by atoms with Crippen molar-refractivity contribution in [2.24, 2.45) is 5.73 Å². The molecule has 0 saturated carbocycles. The zero-order valence-corrected chi connectivity index (χ0v) is 6.11. The number of carbonyl (C=O) groups is 2. The highest BCUT2D eigenvalue weighted by molar-refractivity contribution is 5.81. The van der Waals surface area contributed by atoms with Gasteiger partial charge in [-0.3, -0.25) is 4.79 Å². The predicted octanol–water partition coefficient (Wildman–Crippen LogP) is 0.957. The Morgan fingerprint density at radius 1 is 1.58 bits per heavy atom. The lowest BCUT2D eigenvalue weighted by Crippen LogP contribution is -2.16. The summed E-state index contributed by atoms with van der Waals surface area (Å²) >= 11 is 0. The number of primary amides is 1. The number of hydrogen-bond acceptors (Lipinski definition) is 3. The number of ether oxygens (including phenoxy) is 1. The van der Waals surface area contributed by atoms with Gasteiger partial charge in [-0.2, -0.15) is 0 Å². The van der Waals surface area contributed by atoms with E-state index in [-0.39, 0.29) is 11.3 Å². The van der Waals surface area contributed by atoms with E-state index in [0.717, 1.165) is 0 Å². The van der Waals surface area contributed by atoms with E-state index in [9.17, 15) is 9.59 Å². The minimum atomic E-state index is -1.01. The first-order valence-electron chi connectivity index (χ1n) is 3.68. The van der Waals surface area contributed by atoms with E-state index in [1.165, 1.54) is 12.1 Å². The molecule has 1 rings (SSSR count). The van der Waals surface area contributed by atoms with Gasteiger partial charge in [0.1, 0.15) is 7.12 Å². The quantitative estimate of drug-likeness (QED) is 0.665. The molecule has 1 aromatic rings. The summed E-state index contributed by atoms with van der Waals surface area (Å²) in [5.41, 5.74) is 4.77. The lowest BCUT2D eigenvalue weighted by molar-refractivity contribution is 0.112. The van der Waals surface area contributed by atoms with Gasteiger partial charge in [-0.05, 0) is 12.1 Å². The molecule has 1 amide bonds. The molecule has 0 saturated heterocycles. The van der Waals surface area contributed by atoms with Gasteiger partial charge >= 0.3 is 6.09 Å². The minimum Gasteiger partial charge on any atom is -0.410 e. The van der Waals surface area contributed by atoms with Gasteiger partial charge in [-0.15, -0.1) is 0 Å². The van der Waals surface area contributed by atoms with Crippen molar-refractivity contribution in [2.75, 3.05) is 0 Å². The van der Waals surface area contributed by atoms with Crippen molar-refractivity contribution < 1.29 is 15.7 Å². The molecular formula is C8H7NO3. The van der Waals surface area contributed by atoms with Crippen LogP contribution < -0.4 is 10.5 Å². The van der Waals surface area contributed by atoms with Crippen molar-refractivity contribution in [2.45, 2.75) is 0 Å². The Labute approximate surface area is 70.3 Å². The molecule has 0 spiro atoms. The maximum absolute atomic E-state index is 10.7. The van der Waals surface area contributed by atoms with E-state index in [4.69, 9.17) is 7.10 Å². The molecular weight excluding hydrogens is 158 g/mol. The van der Waals surface area contributed by atoms with Crippen LogP contribution in [-0.2, 0) is 0 Å². The lowest BCUT2D eigenvalue weighted by atomic mass is 10.2. The van der Waals surface area contributed by atoms with Gasteiger partial charge in [0.05, 0.1) is 5.56 Å². The Bertz CT molecular complexity index is 351. The third-order valence-corrected chi connectivity index (χ3v) is 1.21. The molecule has 4 heteroatoms. The first-order chi connectivity index (χ1) is 6.11. The number of hydrogen-bond donors (Lipinski definition) is 1. The SMILES string of the molecule is [2H]C(=O)c1ccccc1OC(N)=O. The van der Waals surface area contributed by atoms with E-state index >= 15 is 0 Å². The second-order valence-corrected chi connectivity index (χ2v) is 2.02. The Balaban J connectivity index is 3.04. The van der Waals surface area contributed by atoms with Crippen LogP contribution in [-0.4, -0.2) is 12.4 Å². The van der Waals surface area contributed by atoms with E-state index in [0.29, 0.717) is 0 Å². The second kappa shape index (κ2) is 3.52. The number of para-hydroxylation sites is 1. The molecule has 0 radical (unpaired) electrons. The average Bonchev–Trinajstić information content (AvgIpc) is 2.03. The van der Waals surface area contributed by atoms with Gasteiger partial charge in [0.2, 0.25) is 0 Å². The maximum Gasteiger partial charge on any atom is 0.409 e. The highest BCUT2D eigenvalue weighted by Crippen LogP contribution is 2.14. The van der Waals surface area contributed by atoms with Gasteiger partial charge in [0.15, 0.2) is 6.26 Å². The van der Waals surface area contributed by atoms with E-state index in [2.05, 4.69) is 4.74 Å². The molecule has 0 aliphatic carbocycles. The fourth-order valence-corrected chi connectivity index (χ4v) is 0.748. The van der Waals surface area contributed by atoms with Crippen molar-refractivity contribution in [3.05, 3.63) is 29.8 Å². The summed E-state index contributed by atoms with van der Waals surface area (Å²) in [6.07, 6.45) is -1.93. The Morgan fingerprint density at radius 3 is 2.83 bits per heavy atom. The monoisotopic (exact) mass is 166 g/mol. The van der Waals surface area contributed by atoms with Crippen LogP contribution in [0.25, 0.3) is 0 Å². The van der Waals surface area contributed by atoms with Gasteiger partial charge in [0.25, 0.3) is 0 Å². The topological polar surface area (TPSA) is 69.4 Å². The van der Waals surface area contributed by atoms with Crippen LogP contribution in [0.3, 0.4) is 0 Å². The van der Waals surface area contributed by atoms with Crippen LogP contribution in [0, 0.1) is 0 Å². The van der Waals surface area contributed by atoms with Crippen molar-refractivity contribution >= 4 is 12.4 Å². The van der Waals surface area contributed by atoms with Crippen molar-refractivity contribution in [1.82, 2.24) is 0 Å². The fraction of sp³-hybridized carbons (Fsp3) is 0. The second-order valence-electron chi connectivity index (χ2n) is 2.02. The number of aldehydes is 1. The summed E-state index contributed by atoms with van der Waals surface area (Å²) in [6.45, 7) is 0. The van der Waals surface area contributed by atoms with Crippen LogP contribution in [0.5, 0.6) is 5.75 Å². The molecule has 0 fully saturated rings. The molecule has 0 unspecified atom stereocenters. The molecule has 0 heterocycles. The van der Waals surface area contributed by atoms with Crippen molar-refractivity contribution in [3.8, 4) is 5.75 Å². The maximum atomic E-state index is 10.7. The molecule has 2 N–H and O–H groups in total. The smallest absolute Gasteiger partial charge is 0.409 e. The average molecular weight is 166 g/mol. The predicted molar refractivity (Wildman–Crippen MR) is 42.0 cm³/mol. The van der Waals surface area contributed by atoms with Crippen LogP contribution >= 0.6 is 0 Å². The third kappa shape index (κ3) is 1.82. The summed E-state index contributed by atoms with van der Waals surface area (Å²) in [7, 11) is 0. The minimum absolute atomic E-state index is 0.00926. The first kappa shape index (κ1) is 6.84. The largest absolute Gasteiger partial charge is 0.410 e. The zero-order valence-electron chi connectivity index (χ0n) is 7.11. The van der Waals surface area contributed by atoms with Gasteiger partial charge in [0, 0.05) is 0 Å². The highest BCUT2D eigenvalue weighted by atomic mass is 16.5. The summed E-state index contributed by atoms with van der Waals surface area (Å²) in [4.78, 5) is 21.1. The Hall–Kier alpha value is -1.84. The first-order valence-corrected chi connectivity index (χ1v) is 3.18. The van der Waals surface area contributed by atoms with Crippen LogP contribution in [0.2, 0.25) is 0 Å². The molecule has 12 heavy (non-hydrogen) atoms. The van der Waals surface area contributed by atoms with Crippen LogP contribution in [0.1, 0.15) is 11.7 Å². The molecule has 0 bridgehead atoms. The molecule has 4 nitrogen and oxygen atoms in total. The van der Waals surface area contributed by atoms with Gasteiger partial charge < -0.3 is 10.5 Å². The Morgan fingerprint density at radius 2 is 2.25 bits per heavy atom. The van der Waals surface area contributed by atoms with Gasteiger partial charge in [-0.25, -0.2) is 4.79 Å².